The zero-order valence-electron chi connectivity index (χ0n) is 16.2. The van der Waals surface area contributed by atoms with Crippen molar-refractivity contribution >= 4 is 40.2 Å². The third kappa shape index (κ3) is 6.70. The van der Waals surface area contributed by atoms with E-state index in [4.69, 9.17) is 14.2 Å². The summed E-state index contributed by atoms with van der Waals surface area (Å²) in [6.45, 7) is 6.36. The van der Waals surface area contributed by atoms with Crippen LogP contribution in [-0.4, -0.2) is 31.7 Å². The molecule has 1 amide bonds. The molecular formula is C21H24INO5. The molecule has 0 spiro atoms. The van der Waals surface area contributed by atoms with Gasteiger partial charge in [-0.05, 0) is 84.8 Å². The van der Waals surface area contributed by atoms with Crippen LogP contribution in [0.3, 0.4) is 0 Å². The average molecular weight is 497 g/mol. The summed E-state index contributed by atoms with van der Waals surface area (Å²) in [7, 11) is 0. The Labute approximate surface area is 178 Å². The van der Waals surface area contributed by atoms with E-state index < -0.39 is 5.97 Å². The first-order chi connectivity index (χ1) is 13.4. The van der Waals surface area contributed by atoms with Gasteiger partial charge < -0.3 is 19.5 Å². The highest BCUT2D eigenvalue weighted by Gasteiger charge is 2.12. The lowest BCUT2D eigenvalue weighted by Crippen LogP contribution is -2.22. The second-order valence-corrected chi connectivity index (χ2v) is 7.24. The molecule has 0 saturated heterocycles. The number of esters is 1. The van der Waals surface area contributed by atoms with Crippen LogP contribution in [0.2, 0.25) is 0 Å². The van der Waals surface area contributed by atoms with Gasteiger partial charge in [-0.25, -0.2) is 0 Å². The first-order valence-electron chi connectivity index (χ1n) is 9.03. The molecule has 0 saturated carbocycles. The molecule has 0 aliphatic rings. The third-order valence-corrected chi connectivity index (χ3v) is 4.45. The molecule has 0 aliphatic carbocycles. The molecule has 0 heterocycles. The van der Waals surface area contributed by atoms with Crippen molar-refractivity contribution in [3.63, 3.8) is 0 Å². The number of hydrogen-bond donors (Lipinski definition) is 1. The van der Waals surface area contributed by atoms with Crippen molar-refractivity contribution in [2.45, 2.75) is 27.2 Å². The number of hydrogen-bond acceptors (Lipinski definition) is 5. The zero-order chi connectivity index (χ0) is 20.5. The maximum atomic E-state index is 12.1. The minimum Gasteiger partial charge on any atom is -0.490 e. The Morgan fingerprint density at radius 2 is 1.71 bits per heavy atom. The van der Waals surface area contributed by atoms with Crippen LogP contribution in [0.5, 0.6) is 11.5 Å². The highest BCUT2D eigenvalue weighted by Crippen LogP contribution is 2.28. The van der Waals surface area contributed by atoms with Gasteiger partial charge in [-0.1, -0.05) is 6.07 Å². The summed E-state index contributed by atoms with van der Waals surface area (Å²) in [6, 6.07) is 11.0. The molecule has 7 heteroatoms. The molecule has 0 unspecified atom stereocenters. The van der Waals surface area contributed by atoms with E-state index in [1.807, 2.05) is 39.0 Å². The number of aryl methyl sites for hydroxylation is 1. The lowest BCUT2D eigenvalue weighted by Gasteiger charge is -2.12. The lowest BCUT2D eigenvalue weighted by atomic mass is 10.1. The molecule has 2 aromatic rings. The Morgan fingerprint density at radius 3 is 2.39 bits per heavy atom. The van der Waals surface area contributed by atoms with Gasteiger partial charge in [0, 0.05) is 9.26 Å². The number of nitrogens with one attached hydrogen (secondary N) is 1. The standard InChI is InChI=1S/C21H24INO5/c1-4-26-18-9-6-15(11-19(18)27-5-2)12-21(25)28-13-20(24)23-17-8-7-16(22)10-14(17)3/h6-11H,4-5,12-13H2,1-3H3,(H,23,24). The second kappa shape index (κ2) is 10.9. The fraction of sp³-hybridized carbons (Fsp3) is 0.333. The lowest BCUT2D eigenvalue weighted by molar-refractivity contribution is -0.146. The number of carbonyl (C=O) groups is 2. The van der Waals surface area contributed by atoms with Gasteiger partial charge in [0.1, 0.15) is 0 Å². The van der Waals surface area contributed by atoms with Crippen LogP contribution in [0.25, 0.3) is 0 Å². The number of ether oxygens (including phenoxy) is 3. The van der Waals surface area contributed by atoms with Gasteiger partial charge in [-0.2, -0.15) is 0 Å². The van der Waals surface area contributed by atoms with Crippen molar-refractivity contribution in [1.29, 1.82) is 0 Å². The van der Waals surface area contributed by atoms with E-state index in [1.54, 1.807) is 18.2 Å². The average Bonchev–Trinajstić information content (AvgIpc) is 2.65. The summed E-state index contributed by atoms with van der Waals surface area (Å²) in [5.41, 5.74) is 2.38. The smallest absolute Gasteiger partial charge is 0.310 e. The normalized spacial score (nSPS) is 10.3. The largest absolute Gasteiger partial charge is 0.490 e. The highest BCUT2D eigenvalue weighted by atomic mass is 127. The van der Waals surface area contributed by atoms with Crippen molar-refractivity contribution in [2.24, 2.45) is 0 Å². The topological polar surface area (TPSA) is 73.9 Å². The Bertz CT molecular complexity index is 838. The van der Waals surface area contributed by atoms with E-state index in [0.717, 1.165) is 14.7 Å². The van der Waals surface area contributed by atoms with Crippen molar-refractivity contribution in [2.75, 3.05) is 25.1 Å². The monoisotopic (exact) mass is 497 g/mol. The van der Waals surface area contributed by atoms with E-state index in [1.165, 1.54) is 0 Å². The van der Waals surface area contributed by atoms with E-state index in [9.17, 15) is 9.59 Å². The summed E-state index contributed by atoms with van der Waals surface area (Å²) in [4.78, 5) is 24.1. The fourth-order valence-corrected chi connectivity index (χ4v) is 3.17. The zero-order valence-corrected chi connectivity index (χ0v) is 18.4. The van der Waals surface area contributed by atoms with Gasteiger partial charge in [0.05, 0.1) is 19.6 Å². The number of anilines is 1. The Kier molecular flexibility index (Phi) is 8.56. The highest BCUT2D eigenvalue weighted by molar-refractivity contribution is 14.1. The Morgan fingerprint density at radius 1 is 1.00 bits per heavy atom. The van der Waals surface area contributed by atoms with Crippen LogP contribution in [-0.2, 0) is 20.7 Å². The molecule has 150 valence electrons. The van der Waals surface area contributed by atoms with E-state index >= 15 is 0 Å². The van der Waals surface area contributed by atoms with Gasteiger partial charge in [-0.15, -0.1) is 0 Å². The van der Waals surface area contributed by atoms with Crippen LogP contribution in [0.15, 0.2) is 36.4 Å². The molecular weight excluding hydrogens is 473 g/mol. The van der Waals surface area contributed by atoms with Crippen molar-refractivity contribution < 1.29 is 23.8 Å². The summed E-state index contributed by atoms with van der Waals surface area (Å²) in [6.07, 6.45) is 0.0440. The van der Waals surface area contributed by atoms with Crippen LogP contribution in [0.4, 0.5) is 5.69 Å². The van der Waals surface area contributed by atoms with E-state index in [2.05, 4.69) is 27.9 Å². The summed E-state index contributed by atoms with van der Waals surface area (Å²) in [5.74, 6) is 0.357. The molecule has 0 bridgehead atoms. The molecule has 6 nitrogen and oxygen atoms in total. The number of benzene rings is 2. The van der Waals surface area contributed by atoms with Crippen LogP contribution in [0, 0.1) is 10.5 Å². The Balaban J connectivity index is 1.89. The van der Waals surface area contributed by atoms with Crippen LogP contribution >= 0.6 is 22.6 Å². The SMILES string of the molecule is CCOc1ccc(CC(=O)OCC(=O)Nc2ccc(I)cc2C)cc1OCC. The maximum absolute atomic E-state index is 12.1. The fourth-order valence-electron chi connectivity index (χ4n) is 2.52. The van der Waals surface area contributed by atoms with Gasteiger partial charge in [0.15, 0.2) is 18.1 Å². The predicted octanol–water partition coefficient (Wildman–Crippen LogP) is 4.12. The molecule has 2 rings (SSSR count). The van der Waals surface area contributed by atoms with Gasteiger partial charge in [-0.3, -0.25) is 9.59 Å². The first kappa shape index (κ1) is 22.0. The molecule has 0 aliphatic heterocycles. The summed E-state index contributed by atoms with van der Waals surface area (Å²) >= 11 is 2.21. The van der Waals surface area contributed by atoms with Crippen molar-refractivity contribution in [1.82, 2.24) is 0 Å². The third-order valence-electron chi connectivity index (χ3n) is 3.78. The molecule has 2 aromatic carbocycles. The summed E-state index contributed by atoms with van der Waals surface area (Å²) in [5, 5.41) is 2.75. The Hall–Kier alpha value is -2.29. The molecule has 0 aromatic heterocycles. The quantitative estimate of drug-likeness (QED) is 0.417. The van der Waals surface area contributed by atoms with Gasteiger partial charge in [0.2, 0.25) is 0 Å². The molecule has 0 atom stereocenters. The van der Waals surface area contributed by atoms with E-state index in [-0.39, 0.29) is 18.9 Å². The summed E-state index contributed by atoms with van der Waals surface area (Å²) < 4.78 is 17.2. The first-order valence-corrected chi connectivity index (χ1v) is 10.1. The predicted molar refractivity (Wildman–Crippen MR) is 116 cm³/mol. The second-order valence-electron chi connectivity index (χ2n) is 5.99. The number of rotatable bonds is 9. The van der Waals surface area contributed by atoms with Crippen molar-refractivity contribution in [3.05, 3.63) is 51.1 Å². The minimum absolute atomic E-state index is 0.0440. The number of amides is 1. The van der Waals surface area contributed by atoms with Crippen LogP contribution in [0.1, 0.15) is 25.0 Å². The molecule has 0 fully saturated rings. The maximum Gasteiger partial charge on any atom is 0.310 e. The molecule has 28 heavy (non-hydrogen) atoms. The number of carbonyl (C=O) groups excluding carboxylic acids is 2. The van der Waals surface area contributed by atoms with E-state index in [0.29, 0.717) is 30.4 Å². The number of halogens is 1. The van der Waals surface area contributed by atoms with Crippen LogP contribution < -0.4 is 14.8 Å². The van der Waals surface area contributed by atoms with Crippen molar-refractivity contribution in [3.8, 4) is 11.5 Å². The molecule has 1 N–H and O–H groups in total. The van der Waals surface area contributed by atoms with Gasteiger partial charge >= 0.3 is 5.97 Å². The molecule has 0 radical (unpaired) electrons. The minimum atomic E-state index is -0.485. The van der Waals surface area contributed by atoms with Gasteiger partial charge in [0.25, 0.3) is 5.91 Å².